The van der Waals surface area contributed by atoms with Gasteiger partial charge < -0.3 is 5.32 Å². The number of aryl methyl sites for hydroxylation is 1. The molecule has 1 saturated heterocycles. The molecule has 0 saturated carbocycles. The zero-order valence-electron chi connectivity index (χ0n) is 10.1. The van der Waals surface area contributed by atoms with Crippen molar-refractivity contribution >= 4 is 9.84 Å². The lowest BCUT2D eigenvalue weighted by molar-refractivity contribution is 0.577. The lowest BCUT2D eigenvalue weighted by Gasteiger charge is -2.11. The van der Waals surface area contributed by atoms with Gasteiger partial charge >= 0.3 is 0 Å². The van der Waals surface area contributed by atoms with Crippen LogP contribution in [0.25, 0.3) is 0 Å². The Bertz CT molecular complexity index is 459. The smallest absolute Gasteiger partial charge is 0.179 e. The molecule has 0 aromatic heterocycles. The highest BCUT2D eigenvalue weighted by Gasteiger charge is 2.23. The minimum Gasteiger partial charge on any atom is -0.313 e. The first kappa shape index (κ1) is 12.6. The number of hydrogen-bond acceptors (Lipinski definition) is 3. The van der Waals surface area contributed by atoms with Crippen LogP contribution in [-0.2, 0) is 16.3 Å². The van der Waals surface area contributed by atoms with Crippen LogP contribution in [0.4, 0.5) is 0 Å². The summed E-state index contributed by atoms with van der Waals surface area (Å²) < 4.78 is 24.3. The van der Waals surface area contributed by atoms with Crippen molar-refractivity contribution in [2.75, 3.05) is 12.3 Å². The Labute approximate surface area is 103 Å². The van der Waals surface area contributed by atoms with Gasteiger partial charge in [-0.1, -0.05) is 19.1 Å². The van der Waals surface area contributed by atoms with E-state index in [1.807, 2.05) is 12.1 Å². The summed E-state index contributed by atoms with van der Waals surface area (Å²) in [4.78, 5) is 0.448. The molecule has 3 nitrogen and oxygen atoms in total. The molecule has 17 heavy (non-hydrogen) atoms. The Morgan fingerprint density at radius 3 is 2.53 bits per heavy atom. The van der Waals surface area contributed by atoms with Crippen molar-refractivity contribution in [2.24, 2.45) is 0 Å². The van der Waals surface area contributed by atoms with Crippen molar-refractivity contribution in [3.63, 3.8) is 0 Å². The van der Waals surface area contributed by atoms with E-state index in [0.29, 0.717) is 4.90 Å². The molecule has 0 aliphatic carbocycles. The van der Waals surface area contributed by atoms with Crippen LogP contribution in [-0.4, -0.2) is 26.8 Å². The molecule has 0 radical (unpaired) electrons. The predicted octanol–water partition coefficient (Wildman–Crippen LogP) is 1.77. The third kappa shape index (κ3) is 3.07. The molecule has 1 aliphatic rings. The summed E-state index contributed by atoms with van der Waals surface area (Å²) in [6, 6.07) is 7.38. The number of rotatable bonds is 4. The first-order valence-electron chi connectivity index (χ1n) is 6.17. The fourth-order valence-corrected chi connectivity index (χ4v) is 3.75. The second kappa shape index (κ2) is 5.19. The second-order valence-electron chi connectivity index (χ2n) is 4.57. The normalized spacial score (nSPS) is 20.6. The van der Waals surface area contributed by atoms with Crippen molar-refractivity contribution in [2.45, 2.75) is 37.1 Å². The Hall–Kier alpha value is -0.870. The van der Waals surface area contributed by atoms with Gasteiger partial charge in [0.25, 0.3) is 0 Å². The molecule has 0 bridgehead atoms. The molecular weight excluding hydrogens is 234 g/mol. The summed E-state index contributed by atoms with van der Waals surface area (Å²) in [5, 5.41) is 3.23. The highest BCUT2D eigenvalue weighted by atomic mass is 32.2. The SMILES string of the molecule is CCc1ccc(S(=O)(=O)C[C@@H]2CCCN2)cc1. The van der Waals surface area contributed by atoms with E-state index in [4.69, 9.17) is 0 Å². The van der Waals surface area contributed by atoms with E-state index in [2.05, 4.69) is 12.2 Å². The number of hydrogen-bond donors (Lipinski definition) is 1. The van der Waals surface area contributed by atoms with Crippen molar-refractivity contribution < 1.29 is 8.42 Å². The van der Waals surface area contributed by atoms with E-state index < -0.39 is 9.84 Å². The van der Waals surface area contributed by atoms with Gasteiger partial charge in [-0.15, -0.1) is 0 Å². The molecule has 0 amide bonds. The average molecular weight is 253 g/mol. The fourth-order valence-electron chi connectivity index (χ4n) is 2.19. The molecule has 1 atom stereocenters. The van der Waals surface area contributed by atoms with Gasteiger partial charge in [0.1, 0.15) is 0 Å². The van der Waals surface area contributed by atoms with E-state index in [0.717, 1.165) is 25.8 Å². The van der Waals surface area contributed by atoms with Crippen LogP contribution in [0.2, 0.25) is 0 Å². The molecule has 1 heterocycles. The van der Waals surface area contributed by atoms with E-state index in [1.165, 1.54) is 5.56 Å². The molecule has 94 valence electrons. The van der Waals surface area contributed by atoms with Crippen LogP contribution in [0.5, 0.6) is 0 Å². The lowest BCUT2D eigenvalue weighted by atomic mass is 10.2. The van der Waals surface area contributed by atoms with Gasteiger partial charge in [-0.05, 0) is 43.5 Å². The topological polar surface area (TPSA) is 46.2 Å². The van der Waals surface area contributed by atoms with Gasteiger partial charge in [0.2, 0.25) is 0 Å². The fraction of sp³-hybridized carbons (Fsp3) is 0.538. The number of benzene rings is 1. The zero-order valence-corrected chi connectivity index (χ0v) is 11.0. The molecule has 1 N–H and O–H groups in total. The third-order valence-corrected chi connectivity index (χ3v) is 5.11. The first-order chi connectivity index (χ1) is 8.12. The highest BCUT2D eigenvalue weighted by molar-refractivity contribution is 7.91. The minimum atomic E-state index is -3.13. The summed E-state index contributed by atoms with van der Waals surface area (Å²) in [6.45, 7) is 3.00. The van der Waals surface area contributed by atoms with Crippen LogP contribution in [0.15, 0.2) is 29.2 Å². The second-order valence-corrected chi connectivity index (χ2v) is 6.61. The molecule has 1 aromatic rings. The van der Waals surface area contributed by atoms with Gasteiger partial charge in [-0.25, -0.2) is 8.42 Å². The molecular formula is C13H19NO2S. The molecule has 0 spiro atoms. The predicted molar refractivity (Wildman–Crippen MR) is 68.9 cm³/mol. The van der Waals surface area contributed by atoms with E-state index in [-0.39, 0.29) is 11.8 Å². The van der Waals surface area contributed by atoms with Crippen molar-refractivity contribution in [1.82, 2.24) is 5.32 Å². The molecule has 1 aromatic carbocycles. The Balaban J connectivity index is 2.12. The summed E-state index contributed by atoms with van der Waals surface area (Å²) in [7, 11) is -3.13. The van der Waals surface area contributed by atoms with Crippen LogP contribution in [0.3, 0.4) is 0 Å². The Kier molecular flexibility index (Phi) is 3.84. The van der Waals surface area contributed by atoms with Gasteiger partial charge in [0.15, 0.2) is 9.84 Å². The standard InChI is InChI=1S/C13H19NO2S/c1-2-11-5-7-13(8-6-11)17(15,16)10-12-4-3-9-14-12/h5-8,12,14H,2-4,9-10H2,1H3/t12-/m0/s1. The van der Waals surface area contributed by atoms with E-state index in [1.54, 1.807) is 12.1 Å². The Morgan fingerprint density at radius 2 is 2.00 bits per heavy atom. The third-order valence-electron chi connectivity index (χ3n) is 3.27. The van der Waals surface area contributed by atoms with Crippen molar-refractivity contribution in [3.8, 4) is 0 Å². The van der Waals surface area contributed by atoms with Gasteiger partial charge in [0, 0.05) is 6.04 Å². The van der Waals surface area contributed by atoms with Gasteiger partial charge in [-0.2, -0.15) is 0 Å². The summed E-state index contributed by atoms with van der Waals surface area (Å²) in [5.41, 5.74) is 1.17. The molecule has 2 rings (SSSR count). The highest BCUT2D eigenvalue weighted by Crippen LogP contribution is 2.16. The van der Waals surface area contributed by atoms with E-state index in [9.17, 15) is 8.42 Å². The molecule has 4 heteroatoms. The molecule has 1 fully saturated rings. The zero-order chi connectivity index (χ0) is 12.3. The molecule has 0 unspecified atom stereocenters. The average Bonchev–Trinajstić information content (AvgIpc) is 2.81. The van der Waals surface area contributed by atoms with Crippen LogP contribution >= 0.6 is 0 Å². The van der Waals surface area contributed by atoms with Gasteiger partial charge in [-0.3, -0.25) is 0 Å². The molecule has 1 aliphatic heterocycles. The number of nitrogens with one attached hydrogen (secondary N) is 1. The monoisotopic (exact) mass is 253 g/mol. The van der Waals surface area contributed by atoms with Crippen LogP contribution in [0.1, 0.15) is 25.3 Å². The van der Waals surface area contributed by atoms with Crippen molar-refractivity contribution in [3.05, 3.63) is 29.8 Å². The first-order valence-corrected chi connectivity index (χ1v) is 7.82. The maximum absolute atomic E-state index is 12.1. The van der Waals surface area contributed by atoms with E-state index >= 15 is 0 Å². The van der Waals surface area contributed by atoms with Crippen LogP contribution < -0.4 is 5.32 Å². The summed E-state index contributed by atoms with van der Waals surface area (Å²) in [6.07, 6.45) is 2.98. The van der Waals surface area contributed by atoms with Crippen LogP contribution in [0, 0.1) is 0 Å². The summed E-state index contributed by atoms with van der Waals surface area (Å²) >= 11 is 0. The van der Waals surface area contributed by atoms with Crippen molar-refractivity contribution in [1.29, 1.82) is 0 Å². The summed E-state index contributed by atoms with van der Waals surface area (Å²) in [5.74, 6) is 0.221. The maximum atomic E-state index is 12.1. The lowest BCUT2D eigenvalue weighted by Crippen LogP contribution is -2.29. The largest absolute Gasteiger partial charge is 0.313 e. The van der Waals surface area contributed by atoms with Gasteiger partial charge in [0.05, 0.1) is 10.6 Å². The maximum Gasteiger partial charge on any atom is 0.179 e. The minimum absolute atomic E-state index is 0.130. The quantitative estimate of drug-likeness (QED) is 0.889. The Morgan fingerprint density at radius 1 is 1.29 bits per heavy atom. The number of sulfone groups is 1.